The van der Waals surface area contributed by atoms with Crippen LogP contribution in [0.2, 0.25) is 0 Å². The van der Waals surface area contributed by atoms with E-state index in [0.717, 1.165) is 12.3 Å². The highest BCUT2D eigenvalue weighted by Gasteiger charge is 2.58. The van der Waals surface area contributed by atoms with E-state index in [1.165, 1.54) is 6.92 Å². The fraction of sp³-hybridized carbons (Fsp3) is 0.636. The van der Waals surface area contributed by atoms with Gasteiger partial charge >= 0.3 is 29.2 Å². The number of hydrogen-bond donors (Lipinski definition) is 7. The molecule has 21 heteroatoms. The highest BCUT2D eigenvalue weighted by atomic mass is 31.3. The second-order valence-corrected chi connectivity index (χ2v) is 10.5. The van der Waals surface area contributed by atoms with Crippen molar-refractivity contribution >= 4 is 29.3 Å². The first-order chi connectivity index (χ1) is 14.5. The summed E-state index contributed by atoms with van der Waals surface area (Å²) in [7, 11) is -16.9. The van der Waals surface area contributed by atoms with Gasteiger partial charge in [0.1, 0.15) is 18.0 Å². The molecule has 0 radical (unpaired) electrons. The molecular weight excluding hydrogens is 507 g/mol. The molecule has 0 saturated carbocycles. The Balaban J connectivity index is 2.21. The van der Waals surface area contributed by atoms with Crippen LogP contribution < -0.4 is 11.4 Å². The van der Waals surface area contributed by atoms with E-state index in [2.05, 4.69) is 18.1 Å². The number of aromatic nitrogens is 2. The number of nitrogen functional groups attached to an aromatic ring is 1. The van der Waals surface area contributed by atoms with Crippen LogP contribution >= 0.6 is 23.5 Å². The molecule has 1 saturated heterocycles. The van der Waals surface area contributed by atoms with Crippen LogP contribution in [0.3, 0.4) is 0 Å². The number of aliphatic hydroxyl groups excluding tert-OH is 2. The predicted molar refractivity (Wildman–Crippen MR) is 99.2 cm³/mol. The molecule has 2 unspecified atom stereocenters. The van der Waals surface area contributed by atoms with Crippen LogP contribution in [0, 0.1) is 0 Å². The molecule has 0 amide bonds. The smallest absolute Gasteiger partial charge is 0.387 e. The summed E-state index contributed by atoms with van der Waals surface area (Å²) < 4.78 is 56.7. The van der Waals surface area contributed by atoms with Crippen LogP contribution in [0.5, 0.6) is 0 Å². The highest BCUT2D eigenvalue weighted by Crippen LogP contribution is 2.66. The van der Waals surface area contributed by atoms with Gasteiger partial charge in [-0.2, -0.15) is 13.6 Å². The van der Waals surface area contributed by atoms with Crippen LogP contribution in [-0.2, 0) is 42.2 Å². The van der Waals surface area contributed by atoms with Crippen molar-refractivity contribution in [2.24, 2.45) is 0 Å². The third-order valence-electron chi connectivity index (χ3n) is 3.73. The maximum atomic E-state index is 12.2. The SMILES string of the molecule is CCO[C@@]1(n2ccc(N)nc2=O)O[C@H](COP(=O)(O)OP(=O)(O)OP(=O)(O)O)[C@@H](O)[C@H]1O. The fourth-order valence-corrected chi connectivity index (χ4v) is 5.66. The summed E-state index contributed by atoms with van der Waals surface area (Å²) in [6.45, 7) is 0.191. The molecule has 18 nitrogen and oxygen atoms in total. The molecule has 6 atom stereocenters. The van der Waals surface area contributed by atoms with E-state index in [9.17, 15) is 33.6 Å². The van der Waals surface area contributed by atoms with Crippen molar-refractivity contribution in [3.8, 4) is 0 Å². The molecule has 2 rings (SSSR count). The number of anilines is 1. The van der Waals surface area contributed by atoms with E-state index in [4.69, 9.17) is 29.9 Å². The molecule has 1 aromatic heterocycles. The molecular formula is C11H20N3O15P3. The van der Waals surface area contributed by atoms with Crippen LogP contribution in [0.1, 0.15) is 6.92 Å². The molecule has 32 heavy (non-hydrogen) atoms. The molecule has 1 fully saturated rings. The molecule has 1 aromatic rings. The number of phosphoric acid groups is 3. The van der Waals surface area contributed by atoms with Crippen molar-refractivity contribution in [3.63, 3.8) is 0 Å². The first kappa shape index (κ1) is 27.2. The van der Waals surface area contributed by atoms with Gasteiger partial charge < -0.3 is 45.0 Å². The Hall–Kier alpha value is -1.07. The van der Waals surface area contributed by atoms with Gasteiger partial charge in [-0.05, 0) is 13.0 Å². The van der Waals surface area contributed by atoms with Gasteiger partial charge in [-0.1, -0.05) is 0 Å². The lowest BCUT2D eigenvalue weighted by Gasteiger charge is -2.32. The van der Waals surface area contributed by atoms with Gasteiger partial charge in [0.2, 0.25) is 0 Å². The number of ether oxygens (including phenoxy) is 2. The molecule has 0 bridgehead atoms. The third-order valence-corrected chi connectivity index (χ3v) is 7.53. The van der Waals surface area contributed by atoms with Crippen LogP contribution in [0.4, 0.5) is 5.82 Å². The number of nitrogens with zero attached hydrogens (tertiary/aromatic N) is 2. The molecule has 1 aliphatic rings. The summed E-state index contributed by atoms with van der Waals surface area (Å²) >= 11 is 0. The lowest BCUT2D eigenvalue weighted by molar-refractivity contribution is -0.315. The second-order valence-electron chi connectivity index (χ2n) is 6.05. The average Bonchev–Trinajstić information content (AvgIpc) is 2.83. The lowest BCUT2D eigenvalue weighted by Crippen LogP contribution is -2.52. The van der Waals surface area contributed by atoms with Crippen molar-refractivity contribution in [3.05, 3.63) is 22.7 Å². The van der Waals surface area contributed by atoms with E-state index in [1.807, 2.05) is 0 Å². The quantitative estimate of drug-likeness (QED) is 0.161. The van der Waals surface area contributed by atoms with Crippen LogP contribution in [-0.4, -0.2) is 70.9 Å². The largest absolute Gasteiger partial charge is 0.490 e. The maximum Gasteiger partial charge on any atom is 0.490 e. The highest BCUT2D eigenvalue weighted by molar-refractivity contribution is 7.66. The molecule has 1 aliphatic heterocycles. The minimum absolute atomic E-state index is 0.164. The zero-order chi connectivity index (χ0) is 24.5. The van der Waals surface area contributed by atoms with Gasteiger partial charge in [-0.25, -0.2) is 23.1 Å². The Bertz CT molecular complexity index is 1030. The van der Waals surface area contributed by atoms with Gasteiger partial charge in [0.15, 0.2) is 6.10 Å². The fourth-order valence-electron chi connectivity index (χ4n) is 2.63. The molecule has 2 heterocycles. The molecule has 184 valence electrons. The Morgan fingerprint density at radius 3 is 2.34 bits per heavy atom. The Labute approximate surface area is 178 Å². The first-order valence-corrected chi connectivity index (χ1v) is 12.9. The molecule has 0 spiro atoms. The van der Waals surface area contributed by atoms with Crippen molar-refractivity contribution in [2.75, 3.05) is 18.9 Å². The summed E-state index contributed by atoms with van der Waals surface area (Å²) in [6, 6.07) is 1.16. The number of phosphoric ester groups is 1. The van der Waals surface area contributed by atoms with Gasteiger partial charge in [0, 0.05) is 12.8 Å². The van der Waals surface area contributed by atoms with Gasteiger partial charge in [-0.15, -0.1) is 0 Å². The summed E-state index contributed by atoms with van der Waals surface area (Å²) in [5.74, 6) is -2.54. The lowest BCUT2D eigenvalue weighted by atomic mass is 10.1. The summed E-state index contributed by atoms with van der Waals surface area (Å²) in [5, 5.41) is 20.7. The standard InChI is InChI=1S/C11H20N3O15P3/c1-2-25-11(14-4-3-7(12)13-10(14)17)9(16)8(15)6(27-11)5-26-31(21,22)29-32(23,24)28-30(18,19)20/h3-4,6,8-9,15-16H,2,5H2,1H3,(H,21,22)(H,23,24)(H2,12,13,17)(H2,18,19,20)/t6-,8-,9-,11-/m1/s1. The zero-order valence-electron chi connectivity index (χ0n) is 16.0. The van der Waals surface area contributed by atoms with E-state index < -0.39 is 60.0 Å². The molecule has 8 N–H and O–H groups in total. The number of rotatable bonds is 10. The predicted octanol–water partition coefficient (Wildman–Crippen LogP) is -2.06. The summed E-state index contributed by atoms with van der Waals surface area (Å²) in [5.41, 5.74) is 4.36. The van der Waals surface area contributed by atoms with Crippen molar-refractivity contribution < 1.29 is 66.1 Å². The number of nitrogens with two attached hydrogens (primary N) is 1. The number of aliphatic hydroxyl groups is 2. The number of hydrogen-bond acceptors (Lipinski definition) is 13. The Kier molecular flexibility index (Phi) is 8.20. The summed E-state index contributed by atoms with van der Waals surface area (Å²) in [4.78, 5) is 51.3. The minimum atomic E-state index is -5.76. The van der Waals surface area contributed by atoms with Crippen LogP contribution in [0.25, 0.3) is 0 Å². The van der Waals surface area contributed by atoms with Gasteiger partial charge in [-0.3, -0.25) is 4.52 Å². The van der Waals surface area contributed by atoms with Crippen LogP contribution in [0.15, 0.2) is 17.1 Å². The topological polar surface area (TPSA) is 280 Å². The monoisotopic (exact) mass is 527 g/mol. The van der Waals surface area contributed by atoms with E-state index in [-0.39, 0.29) is 12.4 Å². The van der Waals surface area contributed by atoms with Crippen molar-refractivity contribution in [1.29, 1.82) is 0 Å². The van der Waals surface area contributed by atoms with E-state index >= 15 is 0 Å². The normalized spacial score (nSPS) is 30.0. The van der Waals surface area contributed by atoms with Crippen molar-refractivity contribution in [2.45, 2.75) is 31.1 Å². The summed E-state index contributed by atoms with van der Waals surface area (Å²) in [6.07, 6.45) is -4.52. The van der Waals surface area contributed by atoms with Gasteiger partial charge in [0.05, 0.1) is 6.61 Å². The van der Waals surface area contributed by atoms with Crippen molar-refractivity contribution in [1.82, 2.24) is 9.55 Å². The Morgan fingerprint density at radius 2 is 1.81 bits per heavy atom. The van der Waals surface area contributed by atoms with Gasteiger partial charge in [0.25, 0.3) is 5.91 Å². The minimum Gasteiger partial charge on any atom is -0.387 e. The molecule has 0 aliphatic carbocycles. The maximum absolute atomic E-state index is 12.2. The Morgan fingerprint density at radius 1 is 1.19 bits per heavy atom. The first-order valence-electron chi connectivity index (χ1n) is 8.34. The molecule has 0 aromatic carbocycles. The third kappa shape index (κ3) is 6.50. The van der Waals surface area contributed by atoms with E-state index in [1.54, 1.807) is 0 Å². The zero-order valence-corrected chi connectivity index (χ0v) is 18.7. The van der Waals surface area contributed by atoms with E-state index in [0.29, 0.717) is 4.57 Å². The average molecular weight is 527 g/mol. The second kappa shape index (κ2) is 9.66.